The molecule has 1 heterocycles. The van der Waals surface area contributed by atoms with E-state index >= 15 is 0 Å². The molecular weight excluding hydrogens is 448 g/mol. The van der Waals surface area contributed by atoms with Crippen LogP contribution in [-0.4, -0.2) is 52.5 Å². The van der Waals surface area contributed by atoms with Crippen molar-refractivity contribution in [1.82, 2.24) is 5.32 Å². The number of hydrogen-bond acceptors (Lipinski definition) is 8. The lowest BCUT2D eigenvalue weighted by molar-refractivity contribution is -0.143. The van der Waals surface area contributed by atoms with Crippen molar-refractivity contribution in [3.8, 4) is 0 Å². The molecule has 1 aliphatic rings. The number of carbonyl (C=O) groups is 2. The monoisotopic (exact) mass is 480 g/mol. The van der Waals surface area contributed by atoms with Gasteiger partial charge in [0.1, 0.15) is 6.61 Å². The van der Waals surface area contributed by atoms with Gasteiger partial charge in [-0.3, -0.25) is 4.72 Å². The van der Waals surface area contributed by atoms with Crippen molar-refractivity contribution in [2.45, 2.75) is 46.6 Å². The predicted octanol–water partition coefficient (Wildman–Crippen LogP) is 2.82. The number of carbonyl (C=O) groups excluding carboxylic acids is 2. The summed E-state index contributed by atoms with van der Waals surface area (Å²) in [6.45, 7) is 8.72. The summed E-state index contributed by atoms with van der Waals surface area (Å²) < 4.78 is 42.4. The van der Waals surface area contributed by atoms with Crippen LogP contribution in [-0.2, 0) is 33.8 Å². The molecule has 9 nitrogen and oxygen atoms in total. The zero-order valence-corrected chi connectivity index (χ0v) is 20.7. The van der Waals surface area contributed by atoms with Crippen molar-refractivity contribution >= 4 is 27.6 Å². The molecule has 0 spiro atoms. The number of benzene rings is 1. The molecule has 1 atom stereocenters. The van der Waals surface area contributed by atoms with Gasteiger partial charge in [0.05, 0.1) is 35.5 Å². The predicted molar refractivity (Wildman–Crippen MR) is 125 cm³/mol. The Labute approximate surface area is 195 Å². The zero-order chi connectivity index (χ0) is 24.8. The fourth-order valence-electron chi connectivity index (χ4n) is 3.47. The SMILES string of the molecule is CCS(=O)(=O)Nc1cccc([C@H]2C(C(=O)OCCOC)=C(C)NC(C)=C2C(=O)OC(C)C)c1. The standard InChI is InChI=1S/C23H32N2O7S/c1-7-33(28,29)25-18-10-8-9-17(13-18)21-19(22(26)31-12-11-30-6)15(4)24-16(5)20(21)23(27)32-14(2)3/h8-10,13-14,21,24-25H,7,11-12H2,1-6H3/t21-/m0/s1. The number of allylic oxidation sites excluding steroid dienone is 2. The van der Waals surface area contributed by atoms with Gasteiger partial charge in [0.15, 0.2) is 0 Å². The fraction of sp³-hybridized carbons (Fsp3) is 0.478. The van der Waals surface area contributed by atoms with Crippen LogP contribution in [0.3, 0.4) is 0 Å². The Kier molecular flexibility index (Phi) is 9.07. The largest absolute Gasteiger partial charge is 0.460 e. The summed E-state index contributed by atoms with van der Waals surface area (Å²) in [6, 6.07) is 6.60. The molecule has 1 aromatic rings. The average molecular weight is 481 g/mol. The molecule has 0 saturated heterocycles. The van der Waals surface area contributed by atoms with Crippen molar-refractivity contribution in [2.24, 2.45) is 0 Å². The van der Waals surface area contributed by atoms with Crippen LogP contribution in [0.25, 0.3) is 0 Å². The van der Waals surface area contributed by atoms with Gasteiger partial charge in [-0.05, 0) is 52.3 Å². The van der Waals surface area contributed by atoms with Crippen molar-refractivity contribution < 1.29 is 32.2 Å². The van der Waals surface area contributed by atoms with Gasteiger partial charge in [0.2, 0.25) is 10.0 Å². The van der Waals surface area contributed by atoms with Crippen molar-refractivity contribution in [2.75, 3.05) is 30.8 Å². The van der Waals surface area contributed by atoms with E-state index in [9.17, 15) is 18.0 Å². The smallest absolute Gasteiger partial charge is 0.337 e. The molecule has 0 aliphatic carbocycles. The highest BCUT2D eigenvalue weighted by molar-refractivity contribution is 7.92. The fourth-order valence-corrected chi connectivity index (χ4v) is 4.11. The Bertz CT molecular complexity index is 1060. The second-order valence-electron chi connectivity index (χ2n) is 7.85. The van der Waals surface area contributed by atoms with Gasteiger partial charge in [-0.1, -0.05) is 12.1 Å². The number of nitrogens with one attached hydrogen (secondary N) is 2. The highest BCUT2D eigenvalue weighted by atomic mass is 32.2. The van der Waals surface area contributed by atoms with Crippen LogP contribution in [0.15, 0.2) is 46.8 Å². The molecule has 1 aliphatic heterocycles. The van der Waals surface area contributed by atoms with Crippen LogP contribution in [0.4, 0.5) is 5.69 Å². The summed E-state index contributed by atoms with van der Waals surface area (Å²) >= 11 is 0. The summed E-state index contributed by atoms with van der Waals surface area (Å²) in [7, 11) is -2.02. The van der Waals surface area contributed by atoms with E-state index in [-0.39, 0.29) is 36.2 Å². The number of methoxy groups -OCH3 is 1. The molecule has 0 fully saturated rings. The van der Waals surface area contributed by atoms with Crippen molar-refractivity contribution in [1.29, 1.82) is 0 Å². The van der Waals surface area contributed by atoms with Gasteiger partial charge in [0, 0.05) is 24.2 Å². The quantitative estimate of drug-likeness (QED) is 0.387. The topological polar surface area (TPSA) is 120 Å². The van der Waals surface area contributed by atoms with Crippen LogP contribution in [0, 0.1) is 0 Å². The van der Waals surface area contributed by atoms with Crippen LogP contribution in [0.2, 0.25) is 0 Å². The average Bonchev–Trinajstić information content (AvgIpc) is 2.72. The Balaban J connectivity index is 2.61. The lowest BCUT2D eigenvalue weighted by Gasteiger charge is -2.31. The number of sulfonamides is 1. The van der Waals surface area contributed by atoms with Gasteiger partial charge >= 0.3 is 11.9 Å². The van der Waals surface area contributed by atoms with Crippen LogP contribution in [0.5, 0.6) is 0 Å². The molecule has 0 saturated carbocycles. The maximum Gasteiger partial charge on any atom is 0.337 e. The molecule has 0 bridgehead atoms. The summed E-state index contributed by atoms with van der Waals surface area (Å²) in [6.07, 6.45) is -0.370. The molecule has 33 heavy (non-hydrogen) atoms. The van der Waals surface area contributed by atoms with Crippen LogP contribution < -0.4 is 10.0 Å². The van der Waals surface area contributed by atoms with Gasteiger partial charge < -0.3 is 19.5 Å². The number of anilines is 1. The van der Waals surface area contributed by atoms with Crippen molar-refractivity contribution in [3.05, 3.63) is 52.4 Å². The molecule has 1 aromatic carbocycles. The van der Waals surface area contributed by atoms with Gasteiger partial charge in [-0.25, -0.2) is 18.0 Å². The summed E-state index contributed by atoms with van der Waals surface area (Å²) in [5.74, 6) is -2.09. The Morgan fingerprint density at radius 1 is 1.09 bits per heavy atom. The van der Waals surface area contributed by atoms with E-state index in [4.69, 9.17) is 14.2 Å². The zero-order valence-electron chi connectivity index (χ0n) is 19.9. The lowest BCUT2D eigenvalue weighted by atomic mass is 9.80. The third-order valence-electron chi connectivity index (χ3n) is 4.94. The summed E-state index contributed by atoms with van der Waals surface area (Å²) in [5, 5.41) is 3.08. The summed E-state index contributed by atoms with van der Waals surface area (Å²) in [5.41, 5.74) is 2.43. The third-order valence-corrected chi connectivity index (χ3v) is 6.24. The van der Waals surface area contributed by atoms with Crippen LogP contribution in [0.1, 0.15) is 46.1 Å². The Hall–Kier alpha value is -2.85. The van der Waals surface area contributed by atoms with Crippen molar-refractivity contribution in [3.63, 3.8) is 0 Å². The first kappa shape index (κ1) is 26.4. The minimum Gasteiger partial charge on any atom is -0.460 e. The van der Waals surface area contributed by atoms with Gasteiger partial charge in [-0.2, -0.15) is 0 Å². The molecule has 182 valence electrons. The van der Waals surface area contributed by atoms with E-state index in [1.165, 1.54) is 14.0 Å². The van der Waals surface area contributed by atoms with E-state index in [0.29, 0.717) is 22.6 Å². The molecule has 0 aromatic heterocycles. The normalized spacial score (nSPS) is 16.5. The van der Waals surface area contributed by atoms with Crippen LogP contribution >= 0.6 is 0 Å². The molecule has 2 N–H and O–H groups in total. The maximum absolute atomic E-state index is 13.1. The van der Waals surface area contributed by atoms with E-state index < -0.39 is 27.9 Å². The second kappa shape index (κ2) is 11.3. The second-order valence-corrected chi connectivity index (χ2v) is 9.86. The first-order chi connectivity index (χ1) is 15.5. The molecule has 0 radical (unpaired) electrons. The Morgan fingerprint density at radius 2 is 1.73 bits per heavy atom. The number of dihydropyridines is 1. The third kappa shape index (κ3) is 6.82. The first-order valence-electron chi connectivity index (χ1n) is 10.7. The summed E-state index contributed by atoms with van der Waals surface area (Å²) in [4.78, 5) is 26.1. The number of hydrogen-bond donors (Lipinski definition) is 2. The van der Waals surface area contributed by atoms with Gasteiger partial charge in [-0.15, -0.1) is 0 Å². The van der Waals surface area contributed by atoms with E-state index in [1.807, 2.05) is 0 Å². The molecule has 10 heteroatoms. The number of esters is 2. The number of ether oxygens (including phenoxy) is 3. The first-order valence-corrected chi connectivity index (χ1v) is 12.3. The maximum atomic E-state index is 13.1. The Morgan fingerprint density at radius 3 is 2.30 bits per heavy atom. The number of rotatable bonds is 10. The molecule has 0 unspecified atom stereocenters. The molecular formula is C23H32N2O7S. The van der Waals surface area contributed by atoms with E-state index in [1.54, 1.807) is 52.0 Å². The van der Waals surface area contributed by atoms with E-state index in [0.717, 1.165) is 0 Å². The van der Waals surface area contributed by atoms with Gasteiger partial charge in [0.25, 0.3) is 0 Å². The highest BCUT2D eigenvalue weighted by Gasteiger charge is 2.38. The molecule has 0 amide bonds. The lowest BCUT2D eigenvalue weighted by Crippen LogP contribution is -2.33. The molecule has 2 rings (SSSR count). The minimum absolute atomic E-state index is 0.0453. The minimum atomic E-state index is -3.52. The highest BCUT2D eigenvalue weighted by Crippen LogP contribution is 2.40. The van der Waals surface area contributed by atoms with E-state index in [2.05, 4.69) is 10.0 Å².